The van der Waals surface area contributed by atoms with Gasteiger partial charge in [-0.1, -0.05) is 32.9 Å². The lowest BCUT2D eigenvalue weighted by molar-refractivity contribution is 0.486. The third-order valence-corrected chi connectivity index (χ3v) is 3.44. The first-order valence-corrected chi connectivity index (χ1v) is 7.27. The van der Waals surface area contributed by atoms with Crippen LogP contribution in [-0.2, 0) is 0 Å². The molecule has 0 unspecified atom stereocenters. The summed E-state index contributed by atoms with van der Waals surface area (Å²) in [5, 5.41) is 0. The van der Waals surface area contributed by atoms with Gasteiger partial charge < -0.3 is 4.90 Å². The highest BCUT2D eigenvalue weighted by atomic mass is 15.3. The zero-order valence-electron chi connectivity index (χ0n) is 13.2. The quantitative estimate of drug-likeness (QED) is 0.657. The van der Waals surface area contributed by atoms with E-state index in [1.807, 2.05) is 0 Å². The number of quaternary nitrogens is 1. The van der Waals surface area contributed by atoms with Crippen LogP contribution in [0.3, 0.4) is 0 Å². The molecule has 0 aromatic heterocycles. The van der Waals surface area contributed by atoms with Crippen molar-refractivity contribution in [3.63, 3.8) is 0 Å². The molecule has 0 heterocycles. The third kappa shape index (κ3) is 4.39. The van der Waals surface area contributed by atoms with Crippen molar-refractivity contribution in [3.05, 3.63) is 36.5 Å². The molecule has 106 valence electrons. The number of anilines is 1. The topological polar surface area (TPSA) is 3.24 Å². The number of nitrogens with zero attached hydrogens (tertiary/aromatic N) is 2. The van der Waals surface area contributed by atoms with Crippen LogP contribution in [-0.4, -0.2) is 27.7 Å². The van der Waals surface area contributed by atoms with Crippen LogP contribution in [0.4, 0.5) is 11.4 Å². The molecule has 0 aliphatic heterocycles. The zero-order valence-corrected chi connectivity index (χ0v) is 13.2. The van der Waals surface area contributed by atoms with Crippen molar-refractivity contribution in [1.29, 1.82) is 0 Å². The Bertz CT molecular complexity index is 416. The summed E-state index contributed by atoms with van der Waals surface area (Å²) in [4.78, 5) is 2.36. The van der Waals surface area contributed by atoms with E-state index >= 15 is 0 Å². The van der Waals surface area contributed by atoms with E-state index < -0.39 is 0 Å². The molecule has 0 atom stereocenters. The first-order valence-electron chi connectivity index (χ1n) is 7.27. The molecule has 0 amide bonds. The van der Waals surface area contributed by atoms with E-state index in [1.54, 1.807) is 0 Å². The lowest BCUT2D eigenvalue weighted by atomic mass is 10.2. The van der Waals surface area contributed by atoms with Crippen LogP contribution < -0.4 is 9.38 Å². The van der Waals surface area contributed by atoms with Crippen molar-refractivity contribution in [3.8, 4) is 0 Å². The molecule has 2 heteroatoms. The van der Waals surface area contributed by atoms with Crippen LogP contribution in [0, 0.1) is 0 Å². The van der Waals surface area contributed by atoms with Crippen molar-refractivity contribution < 1.29 is 0 Å². The Hall–Kier alpha value is -1.28. The molecule has 0 bridgehead atoms. The molecule has 0 saturated carbocycles. The Kier molecular flexibility index (Phi) is 5.61. The Balaban J connectivity index is 3.05. The van der Waals surface area contributed by atoms with Crippen molar-refractivity contribution in [2.75, 3.05) is 32.6 Å². The number of hydrogen-bond acceptors (Lipinski definition) is 1. The van der Waals surface area contributed by atoms with Crippen LogP contribution in [0.2, 0.25) is 0 Å². The first-order chi connectivity index (χ1) is 8.90. The van der Waals surface area contributed by atoms with E-state index in [-0.39, 0.29) is 0 Å². The van der Waals surface area contributed by atoms with Crippen molar-refractivity contribution in [1.82, 2.24) is 4.48 Å². The minimum absolute atomic E-state index is 0.841. The van der Waals surface area contributed by atoms with Crippen LogP contribution in [0.1, 0.15) is 33.1 Å². The number of allylic oxidation sites excluding steroid dienone is 1. The van der Waals surface area contributed by atoms with Crippen molar-refractivity contribution >= 4 is 11.4 Å². The van der Waals surface area contributed by atoms with Crippen LogP contribution in [0.5, 0.6) is 0 Å². The first kappa shape index (κ1) is 15.8. The SMILES string of the molecule is C=C(CC)N(CCCC)c1cccc([N+](C)(C)C)c1. The van der Waals surface area contributed by atoms with Gasteiger partial charge in [0.25, 0.3) is 0 Å². The van der Waals surface area contributed by atoms with Crippen molar-refractivity contribution in [2.24, 2.45) is 0 Å². The van der Waals surface area contributed by atoms with Crippen LogP contribution >= 0.6 is 0 Å². The molecule has 1 aromatic carbocycles. The number of unbranched alkanes of at least 4 members (excludes halogenated alkanes) is 1. The van der Waals surface area contributed by atoms with E-state index in [4.69, 9.17) is 0 Å². The molecular formula is C17H29N2+. The fourth-order valence-corrected chi connectivity index (χ4v) is 2.06. The van der Waals surface area contributed by atoms with Gasteiger partial charge in [0.1, 0.15) is 5.69 Å². The molecule has 19 heavy (non-hydrogen) atoms. The van der Waals surface area contributed by atoms with Gasteiger partial charge in [-0.05, 0) is 25.0 Å². The molecule has 0 fully saturated rings. The summed E-state index contributed by atoms with van der Waals surface area (Å²) in [6, 6.07) is 8.82. The fraction of sp³-hybridized carbons (Fsp3) is 0.529. The highest BCUT2D eigenvalue weighted by Gasteiger charge is 2.15. The maximum atomic E-state index is 4.22. The molecule has 0 N–H and O–H groups in total. The van der Waals surface area contributed by atoms with E-state index in [1.165, 1.54) is 29.9 Å². The number of hydrogen-bond donors (Lipinski definition) is 0. The summed E-state index contributed by atoms with van der Waals surface area (Å²) < 4.78 is 0.841. The molecule has 0 aliphatic carbocycles. The van der Waals surface area contributed by atoms with Gasteiger partial charge in [0.15, 0.2) is 0 Å². The maximum absolute atomic E-state index is 4.22. The lowest BCUT2D eigenvalue weighted by Crippen LogP contribution is -2.35. The summed E-state index contributed by atoms with van der Waals surface area (Å²) >= 11 is 0. The Morgan fingerprint density at radius 1 is 1.21 bits per heavy atom. The van der Waals surface area contributed by atoms with E-state index in [2.05, 4.69) is 70.7 Å². The third-order valence-electron chi connectivity index (χ3n) is 3.44. The highest BCUT2D eigenvalue weighted by Crippen LogP contribution is 2.27. The highest BCUT2D eigenvalue weighted by molar-refractivity contribution is 5.59. The monoisotopic (exact) mass is 261 g/mol. The molecule has 0 spiro atoms. The molecule has 0 aliphatic rings. The zero-order chi connectivity index (χ0) is 14.5. The average Bonchev–Trinajstić information content (AvgIpc) is 2.38. The lowest BCUT2D eigenvalue weighted by Gasteiger charge is -2.29. The largest absolute Gasteiger partial charge is 0.346 e. The Morgan fingerprint density at radius 3 is 2.42 bits per heavy atom. The Morgan fingerprint density at radius 2 is 1.89 bits per heavy atom. The van der Waals surface area contributed by atoms with Crippen molar-refractivity contribution in [2.45, 2.75) is 33.1 Å². The summed E-state index contributed by atoms with van der Waals surface area (Å²) in [7, 11) is 6.60. The van der Waals surface area contributed by atoms with Gasteiger partial charge in [0.05, 0.1) is 21.1 Å². The second-order valence-electron chi connectivity index (χ2n) is 5.96. The maximum Gasteiger partial charge on any atom is 0.134 e. The van der Waals surface area contributed by atoms with Gasteiger partial charge in [-0.2, -0.15) is 0 Å². The van der Waals surface area contributed by atoms with Crippen LogP contribution in [0.25, 0.3) is 0 Å². The summed E-state index contributed by atoms with van der Waals surface area (Å²) in [6.07, 6.45) is 3.41. The predicted octanol–water partition coefficient (Wildman–Crippen LogP) is 4.41. The molecule has 0 saturated heterocycles. The van der Waals surface area contributed by atoms with Gasteiger partial charge in [0, 0.05) is 24.0 Å². The summed E-state index contributed by atoms with van der Waals surface area (Å²) in [5.74, 6) is 0. The molecule has 0 radical (unpaired) electrons. The van der Waals surface area contributed by atoms with E-state index in [0.29, 0.717) is 0 Å². The smallest absolute Gasteiger partial charge is 0.134 e. The summed E-state index contributed by atoms with van der Waals surface area (Å²) in [5.41, 5.74) is 3.79. The van der Waals surface area contributed by atoms with E-state index in [0.717, 1.165) is 17.4 Å². The summed E-state index contributed by atoms with van der Waals surface area (Å²) in [6.45, 7) is 9.68. The van der Waals surface area contributed by atoms with Gasteiger partial charge in [-0.3, -0.25) is 4.48 Å². The van der Waals surface area contributed by atoms with Crippen LogP contribution in [0.15, 0.2) is 36.5 Å². The van der Waals surface area contributed by atoms with Gasteiger partial charge in [-0.15, -0.1) is 0 Å². The fourth-order valence-electron chi connectivity index (χ4n) is 2.06. The molecule has 1 rings (SSSR count). The Labute approximate surface area is 118 Å². The van der Waals surface area contributed by atoms with E-state index in [9.17, 15) is 0 Å². The average molecular weight is 261 g/mol. The number of benzene rings is 1. The van der Waals surface area contributed by atoms with Gasteiger partial charge in [0.2, 0.25) is 0 Å². The molecule has 1 aromatic rings. The predicted molar refractivity (Wildman–Crippen MR) is 87.7 cm³/mol. The van der Waals surface area contributed by atoms with Gasteiger partial charge in [-0.25, -0.2) is 0 Å². The second-order valence-corrected chi connectivity index (χ2v) is 5.96. The van der Waals surface area contributed by atoms with Gasteiger partial charge >= 0.3 is 0 Å². The normalized spacial score (nSPS) is 11.4. The minimum atomic E-state index is 0.841. The molecule has 2 nitrogen and oxygen atoms in total. The minimum Gasteiger partial charge on any atom is -0.346 e. The standard InChI is InChI=1S/C17H29N2/c1-7-9-13-18(15(3)8-2)16-11-10-12-17(14-16)19(4,5)6/h10-12,14H,3,7-9,13H2,1-2,4-6H3/q+1. The second kappa shape index (κ2) is 6.76. The number of rotatable bonds is 7. The molecular weight excluding hydrogens is 232 g/mol.